The quantitative estimate of drug-likeness (QED) is 0.114. The molecule has 0 amide bonds. The zero-order chi connectivity index (χ0) is 34.2. The molecule has 2 aromatic carbocycles. The average Bonchev–Trinajstić information content (AvgIpc) is 3.54. The van der Waals surface area contributed by atoms with Gasteiger partial charge < -0.3 is 29.7 Å². The van der Waals surface area contributed by atoms with Crippen LogP contribution in [-0.4, -0.2) is 102 Å². The first-order valence-electron chi connectivity index (χ1n) is 16.8. The largest absolute Gasteiger partial charge is 0.458 e. The fourth-order valence-electron chi connectivity index (χ4n) is 7.98. The molecular formula is C35H48FN7O4Si. The van der Waals surface area contributed by atoms with Crippen molar-refractivity contribution in [3.63, 3.8) is 0 Å². The van der Waals surface area contributed by atoms with Crippen LogP contribution in [-0.2, 0) is 9.16 Å². The number of nitrogens with zero attached hydrogens (tertiary/aromatic N) is 6. The number of anilines is 1. The summed E-state index contributed by atoms with van der Waals surface area (Å²) in [6, 6.07) is 21.1. The van der Waals surface area contributed by atoms with Crippen molar-refractivity contribution in [1.29, 1.82) is 0 Å². The van der Waals surface area contributed by atoms with Gasteiger partial charge in [0.15, 0.2) is 0 Å². The number of oxime groups is 1. The van der Waals surface area contributed by atoms with Crippen LogP contribution < -0.4 is 25.7 Å². The van der Waals surface area contributed by atoms with Gasteiger partial charge in [0.05, 0.1) is 30.9 Å². The Labute approximate surface area is 283 Å². The van der Waals surface area contributed by atoms with Gasteiger partial charge in [0.1, 0.15) is 12.3 Å². The molecule has 2 unspecified atom stereocenters. The molecule has 3 saturated heterocycles. The number of hydrogen-bond acceptors (Lipinski definition) is 10. The van der Waals surface area contributed by atoms with Crippen molar-refractivity contribution in [1.82, 2.24) is 19.9 Å². The zero-order valence-electron chi connectivity index (χ0n) is 28.6. The number of benzene rings is 2. The van der Waals surface area contributed by atoms with Gasteiger partial charge in [0, 0.05) is 19.5 Å². The molecule has 4 heterocycles. The molecule has 48 heavy (non-hydrogen) atoms. The molecule has 258 valence electrons. The highest BCUT2D eigenvalue weighted by Gasteiger charge is 2.55. The molecule has 3 N–H and O–H groups in total. The van der Waals surface area contributed by atoms with Crippen LogP contribution in [0.2, 0.25) is 5.04 Å². The summed E-state index contributed by atoms with van der Waals surface area (Å²) in [5.41, 5.74) is 4.81. The first-order valence-corrected chi connectivity index (χ1v) is 18.7. The van der Waals surface area contributed by atoms with Crippen LogP contribution in [0, 0.1) is 0 Å². The van der Waals surface area contributed by atoms with Crippen molar-refractivity contribution < 1.29 is 23.5 Å². The third-order valence-corrected chi connectivity index (χ3v) is 15.4. The van der Waals surface area contributed by atoms with Crippen molar-refractivity contribution in [3.05, 3.63) is 66.5 Å². The highest BCUT2D eigenvalue weighted by atomic mass is 28.4. The lowest BCUT2D eigenvalue weighted by Gasteiger charge is -2.48. The number of alkyl halides is 1. The van der Waals surface area contributed by atoms with E-state index in [-0.39, 0.29) is 22.7 Å². The molecular weight excluding hydrogens is 630 g/mol. The first kappa shape index (κ1) is 34.2. The Morgan fingerprint density at radius 2 is 1.75 bits per heavy atom. The number of rotatable bonds is 9. The van der Waals surface area contributed by atoms with Crippen LogP contribution in [0.4, 0.5) is 10.3 Å². The van der Waals surface area contributed by atoms with Gasteiger partial charge in [-0.2, -0.15) is 15.0 Å². The standard InChI is InChI=1S/C35H48FN7O4Si/c1-25(35-17-12-18-43(35)22-26(36)21-35)46-32-39-30(29(37)41-44)38-31(40-32)42-19-20-45-24-34(5,23-42)47-48(33(2,3)4,27-13-8-6-9-14-27)28-15-10-7-11-16-28/h6-11,13-16,25-26,44H,12,17-24H2,1-5H3,(H2,37,41)/t25?,26-,34?,35+/m1/s1. The van der Waals surface area contributed by atoms with Gasteiger partial charge in [0.2, 0.25) is 17.6 Å². The van der Waals surface area contributed by atoms with E-state index in [1.807, 2.05) is 24.0 Å². The normalized spacial score (nSPS) is 26.2. The second-order valence-electron chi connectivity index (χ2n) is 14.6. The number of ether oxygens (including phenoxy) is 2. The molecule has 0 aliphatic carbocycles. The topological polar surface area (TPSA) is 131 Å². The first-order chi connectivity index (χ1) is 22.9. The molecule has 0 saturated carbocycles. The molecule has 3 aliphatic rings. The minimum absolute atomic E-state index is 0.0139. The Balaban J connectivity index is 1.36. The molecule has 3 fully saturated rings. The van der Waals surface area contributed by atoms with Gasteiger partial charge in [-0.1, -0.05) is 86.6 Å². The lowest BCUT2D eigenvalue weighted by Crippen LogP contribution is -2.70. The van der Waals surface area contributed by atoms with Crippen LogP contribution in [0.3, 0.4) is 0 Å². The Morgan fingerprint density at radius 1 is 1.08 bits per heavy atom. The Kier molecular flexibility index (Phi) is 9.51. The summed E-state index contributed by atoms with van der Waals surface area (Å²) < 4.78 is 34.8. The summed E-state index contributed by atoms with van der Waals surface area (Å²) in [6.45, 7) is 13.6. The van der Waals surface area contributed by atoms with E-state index in [0.29, 0.717) is 45.2 Å². The number of amidine groups is 1. The van der Waals surface area contributed by atoms with E-state index in [4.69, 9.17) is 24.6 Å². The summed E-state index contributed by atoms with van der Waals surface area (Å²) in [4.78, 5) is 18.0. The number of halogens is 1. The maximum atomic E-state index is 14.6. The van der Waals surface area contributed by atoms with E-state index in [1.54, 1.807) is 0 Å². The predicted octanol–water partition coefficient (Wildman–Crippen LogP) is 3.48. The van der Waals surface area contributed by atoms with Crippen molar-refractivity contribution in [3.8, 4) is 6.01 Å². The van der Waals surface area contributed by atoms with Crippen LogP contribution in [0.15, 0.2) is 65.8 Å². The highest BCUT2D eigenvalue weighted by Crippen LogP contribution is 2.44. The van der Waals surface area contributed by atoms with Crippen molar-refractivity contribution in [2.75, 3.05) is 44.3 Å². The molecule has 0 bridgehead atoms. The van der Waals surface area contributed by atoms with E-state index < -0.39 is 31.7 Å². The number of hydrogen-bond donors (Lipinski definition) is 2. The van der Waals surface area contributed by atoms with E-state index >= 15 is 0 Å². The predicted molar refractivity (Wildman–Crippen MR) is 186 cm³/mol. The molecule has 0 spiro atoms. The van der Waals surface area contributed by atoms with Gasteiger partial charge in [-0.15, -0.1) is 0 Å². The van der Waals surface area contributed by atoms with Gasteiger partial charge in [-0.05, 0) is 48.6 Å². The molecule has 11 nitrogen and oxygen atoms in total. The molecule has 0 radical (unpaired) electrons. The number of nitrogens with two attached hydrogens (primary N) is 1. The Hall–Kier alpha value is -3.65. The van der Waals surface area contributed by atoms with E-state index in [2.05, 4.69) is 96.2 Å². The molecule has 3 aliphatic heterocycles. The SMILES string of the molecule is CC(Oc1nc(C(N)=NO)nc(N2CCOCC(C)(O[Si](c3ccccc3)(c3ccccc3)C(C)(C)C)C2)n1)[C@@]12CCCN1C[C@H](F)C2. The molecule has 6 rings (SSSR count). The maximum Gasteiger partial charge on any atom is 0.322 e. The van der Waals surface area contributed by atoms with Crippen molar-refractivity contribution in [2.45, 2.75) is 82.3 Å². The molecule has 1 aromatic heterocycles. The van der Waals surface area contributed by atoms with Crippen LogP contribution in [0.5, 0.6) is 6.01 Å². The second-order valence-corrected chi connectivity index (χ2v) is 18.9. The fourth-order valence-corrected chi connectivity index (χ4v) is 12.8. The van der Waals surface area contributed by atoms with Gasteiger partial charge >= 0.3 is 6.01 Å². The van der Waals surface area contributed by atoms with E-state index in [0.717, 1.165) is 19.4 Å². The van der Waals surface area contributed by atoms with Crippen LogP contribution in [0.1, 0.15) is 59.7 Å². The van der Waals surface area contributed by atoms with E-state index in [9.17, 15) is 9.60 Å². The maximum absolute atomic E-state index is 14.6. The van der Waals surface area contributed by atoms with Gasteiger partial charge in [0.25, 0.3) is 8.32 Å². The zero-order valence-corrected chi connectivity index (χ0v) is 29.6. The van der Waals surface area contributed by atoms with Crippen LogP contribution in [0.25, 0.3) is 0 Å². The third kappa shape index (κ3) is 6.40. The fraction of sp³-hybridized carbons (Fsp3) is 0.543. The van der Waals surface area contributed by atoms with Crippen LogP contribution >= 0.6 is 0 Å². The van der Waals surface area contributed by atoms with E-state index in [1.165, 1.54) is 10.4 Å². The summed E-state index contributed by atoms with van der Waals surface area (Å²) >= 11 is 0. The Morgan fingerprint density at radius 3 is 2.38 bits per heavy atom. The van der Waals surface area contributed by atoms with Crippen molar-refractivity contribution in [2.24, 2.45) is 10.9 Å². The summed E-state index contributed by atoms with van der Waals surface area (Å²) in [6.07, 6.45) is 0.924. The number of aromatic nitrogens is 3. The summed E-state index contributed by atoms with van der Waals surface area (Å²) in [5, 5.41) is 14.8. The lowest BCUT2D eigenvalue weighted by atomic mass is 9.88. The number of fused-ring (bicyclic) bond motifs is 1. The third-order valence-electron chi connectivity index (χ3n) is 10.2. The minimum atomic E-state index is -2.96. The van der Waals surface area contributed by atoms with Gasteiger partial charge in [-0.3, -0.25) is 4.90 Å². The molecule has 4 atom stereocenters. The average molecular weight is 678 g/mol. The summed E-state index contributed by atoms with van der Waals surface area (Å²) in [5.74, 6) is 0.0195. The molecule has 13 heteroatoms. The minimum Gasteiger partial charge on any atom is -0.458 e. The summed E-state index contributed by atoms with van der Waals surface area (Å²) in [7, 11) is -2.96. The monoisotopic (exact) mass is 677 g/mol. The van der Waals surface area contributed by atoms with Gasteiger partial charge in [-0.25, -0.2) is 4.39 Å². The van der Waals surface area contributed by atoms with Crippen molar-refractivity contribution >= 4 is 30.5 Å². The highest BCUT2D eigenvalue weighted by molar-refractivity contribution is 6.99. The smallest absolute Gasteiger partial charge is 0.322 e. The molecule has 3 aromatic rings. The Bertz CT molecular complexity index is 1560. The lowest BCUT2D eigenvalue weighted by molar-refractivity contribution is -0.000412. The second kappa shape index (κ2) is 13.3.